The molecule has 3 heterocycles. The van der Waals surface area contributed by atoms with Crippen LogP contribution in [0.3, 0.4) is 0 Å². The molecule has 0 spiro atoms. The summed E-state index contributed by atoms with van der Waals surface area (Å²) < 4.78 is 1.90. The van der Waals surface area contributed by atoms with Crippen LogP contribution in [0, 0.1) is 0 Å². The Morgan fingerprint density at radius 1 is 1.23 bits per heavy atom. The van der Waals surface area contributed by atoms with E-state index in [1.54, 1.807) is 6.20 Å². The summed E-state index contributed by atoms with van der Waals surface area (Å²) in [6.45, 7) is 0. The van der Waals surface area contributed by atoms with Crippen molar-refractivity contribution in [2.75, 3.05) is 5.32 Å². The summed E-state index contributed by atoms with van der Waals surface area (Å²) in [7, 11) is 0. The highest BCUT2D eigenvalue weighted by Crippen LogP contribution is 2.40. The number of aromatic amines is 1. The summed E-state index contributed by atoms with van der Waals surface area (Å²) in [6.07, 6.45) is 7.98. The number of benzene rings is 1. The Morgan fingerprint density at radius 3 is 3.09 bits per heavy atom. The zero-order valence-electron chi connectivity index (χ0n) is 11.8. The van der Waals surface area contributed by atoms with Crippen molar-refractivity contribution in [1.82, 2.24) is 24.8 Å². The third-order valence-electron chi connectivity index (χ3n) is 4.11. The third kappa shape index (κ3) is 1.84. The van der Waals surface area contributed by atoms with Crippen LogP contribution in [0.2, 0.25) is 0 Å². The molecule has 1 fully saturated rings. The number of H-pyrrole nitrogens is 1. The lowest BCUT2D eigenvalue weighted by Crippen LogP contribution is -1.97. The van der Waals surface area contributed by atoms with Crippen LogP contribution in [0.15, 0.2) is 42.9 Å². The quantitative estimate of drug-likeness (QED) is 0.607. The van der Waals surface area contributed by atoms with E-state index in [2.05, 4.69) is 37.7 Å². The molecular formula is C16H14N6. The highest BCUT2D eigenvalue weighted by Gasteiger charge is 2.26. The van der Waals surface area contributed by atoms with E-state index in [0.29, 0.717) is 5.92 Å². The molecule has 22 heavy (non-hydrogen) atoms. The summed E-state index contributed by atoms with van der Waals surface area (Å²) in [5, 5.41) is 16.1. The molecule has 1 aromatic carbocycles. The smallest absolute Gasteiger partial charge is 0.156 e. The first-order valence-corrected chi connectivity index (χ1v) is 7.41. The van der Waals surface area contributed by atoms with Crippen molar-refractivity contribution in [2.45, 2.75) is 18.8 Å². The van der Waals surface area contributed by atoms with Gasteiger partial charge in [0.15, 0.2) is 5.82 Å². The minimum atomic E-state index is 0.634. The van der Waals surface area contributed by atoms with Gasteiger partial charge in [0.25, 0.3) is 0 Å². The van der Waals surface area contributed by atoms with Crippen molar-refractivity contribution in [3.8, 4) is 0 Å². The van der Waals surface area contributed by atoms with Crippen molar-refractivity contribution in [3.63, 3.8) is 0 Å². The van der Waals surface area contributed by atoms with Crippen LogP contribution < -0.4 is 5.32 Å². The highest BCUT2D eigenvalue weighted by molar-refractivity contribution is 5.84. The first-order chi connectivity index (χ1) is 10.9. The summed E-state index contributed by atoms with van der Waals surface area (Å²) in [5.74, 6) is 1.46. The van der Waals surface area contributed by atoms with E-state index in [-0.39, 0.29) is 0 Å². The molecule has 0 saturated heterocycles. The third-order valence-corrected chi connectivity index (χ3v) is 4.11. The molecule has 0 radical (unpaired) electrons. The van der Waals surface area contributed by atoms with Gasteiger partial charge >= 0.3 is 0 Å². The number of fused-ring (bicyclic) bond motifs is 2. The van der Waals surface area contributed by atoms with Crippen molar-refractivity contribution in [3.05, 3.63) is 48.5 Å². The molecule has 1 saturated carbocycles. The van der Waals surface area contributed by atoms with Crippen LogP contribution in [0.4, 0.5) is 11.5 Å². The number of nitrogens with one attached hydrogen (secondary N) is 2. The van der Waals surface area contributed by atoms with Gasteiger partial charge in [0.1, 0.15) is 5.52 Å². The van der Waals surface area contributed by atoms with Gasteiger partial charge in [-0.15, -0.1) is 0 Å². The summed E-state index contributed by atoms with van der Waals surface area (Å²) >= 11 is 0. The average molecular weight is 290 g/mol. The normalized spacial score (nSPS) is 14.7. The van der Waals surface area contributed by atoms with Crippen molar-refractivity contribution >= 4 is 27.9 Å². The second-order valence-corrected chi connectivity index (χ2v) is 5.75. The predicted octanol–water partition coefficient (Wildman–Crippen LogP) is 3.23. The number of hydrogen-bond donors (Lipinski definition) is 2. The van der Waals surface area contributed by atoms with Crippen LogP contribution in [-0.2, 0) is 0 Å². The molecule has 6 heteroatoms. The van der Waals surface area contributed by atoms with E-state index in [0.717, 1.165) is 27.9 Å². The molecule has 0 bridgehead atoms. The molecule has 2 N–H and O–H groups in total. The molecule has 0 unspecified atom stereocenters. The Balaban J connectivity index is 1.57. The maximum atomic E-state index is 4.64. The Labute approximate surface area is 126 Å². The SMILES string of the molecule is c1cn2nc(C3CC3)cc2c(Nc2ccc3[nH]ncc3c2)n1. The fourth-order valence-corrected chi connectivity index (χ4v) is 2.77. The van der Waals surface area contributed by atoms with Crippen molar-refractivity contribution in [1.29, 1.82) is 0 Å². The van der Waals surface area contributed by atoms with E-state index < -0.39 is 0 Å². The number of nitrogens with zero attached hydrogens (tertiary/aromatic N) is 4. The van der Waals surface area contributed by atoms with E-state index >= 15 is 0 Å². The lowest BCUT2D eigenvalue weighted by atomic mass is 10.2. The predicted molar refractivity (Wildman–Crippen MR) is 84.3 cm³/mol. The van der Waals surface area contributed by atoms with Crippen LogP contribution in [0.5, 0.6) is 0 Å². The molecule has 6 nitrogen and oxygen atoms in total. The maximum Gasteiger partial charge on any atom is 0.156 e. The zero-order valence-corrected chi connectivity index (χ0v) is 11.8. The minimum Gasteiger partial charge on any atom is -0.338 e. The van der Waals surface area contributed by atoms with Crippen molar-refractivity contribution < 1.29 is 0 Å². The first kappa shape index (κ1) is 11.7. The molecule has 1 aliphatic rings. The molecule has 5 rings (SSSR count). The Hall–Kier alpha value is -2.89. The molecular weight excluding hydrogens is 276 g/mol. The van der Waals surface area contributed by atoms with Gasteiger partial charge in [-0.3, -0.25) is 5.10 Å². The summed E-state index contributed by atoms with van der Waals surface area (Å²) in [4.78, 5) is 4.47. The van der Waals surface area contributed by atoms with Gasteiger partial charge in [0, 0.05) is 29.4 Å². The molecule has 108 valence electrons. The minimum absolute atomic E-state index is 0.634. The van der Waals surface area contributed by atoms with Gasteiger partial charge < -0.3 is 5.32 Å². The standard InChI is InChI=1S/C16H14N6/c1-2-10(1)14-8-15-16(17-5-6-22(15)21-14)19-12-3-4-13-11(7-12)9-18-20-13/h3-10H,1-2H2,(H,17,19)(H,18,20). The van der Waals surface area contributed by atoms with Gasteiger partial charge in [-0.05, 0) is 37.1 Å². The monoisotopic (exact) mass is 290 g/mol. The van der Waals surface area contributed by atoms with Gasteiger partial charge in [-0.2, -0.15) is 10.2 Å². The number of anilines is 2. The summed E-state index contributed by atoms with van der Waals surface area (Å²) in [6, 6.07) is 8.23. The fraction of sp³-hybridized carbons (Fsp3) is 0.188. The van der Waals surface area contributed by atoms with Crippen LogP contribution in [0.25, 0.3) is 16.4 Å². The Morgan fingerprint density at radius 2 is 2.18 bits per heavy atom. The lowest BCUT2D eigenvalue weighted by Gasteiger charge is -2.06. The van der Waals surface area contributed by atoms with Crippen LogP contribution >= 0.6 is 0 Å². The second kappa shape index (κ2) is 4.30. The molecule has 0 amide bonds. The zero-order chi connectivity index (χ0) is 14.5. The fourth-order valence-electron chi connectivity index (χ4n) is 2.77. The average Bonchev–Trinajstić information content (AvgIpc) is 3.11. The molecule has 3 aromatic heterocycles. The number of aromatic nitrogens is 5. The first-order valence-electron chi connectivity index (χ1n) is 7.41. The van der Waals surface area contributed by atoms with E-state index in [1.807, 2.05) is 29.0 Å². The van der Waals surface area contributed by atoms with Gasteiger partial charge in [-0.1, -0.05) is 0 Å². The van der Waals surface area contributed by atoms with Gasteiger partial charge in [-0.25, -0.2) is 9.50 Å². The largest absolute Gasteiger partial charge is 0.338 e. The molecule has 1 aliphatic carbocycles. The number of hydrogen-bond acceptors (Lipinski definition) is 4. The topological polar surface area (TPSA) is 70.9 Å². The molecule has 0 atom stereocenters. The number of rotatable bonds is 3. The van der Waals surface area contributed by atoms with E-state index in [1.165, 1.54) is 18.5 Å². The molecule has 0 aliphatic heterocycles. The van der Waals surface area contributed by atoms with E-state index in [9.17, 15) is 0 Å². The lowest BCUT2D eigenvalue weighted by molar-refractivity contribution is 0.885. The molecule has 4 aromatic rings. The van der Waals surface area contributed by atoms with Crippen LogP contribution in [0.1, 0.15) is 24.5 Å². The van der Waals surface area contributed by atoms with E-state index in [4.69, 9.17) is 0 Å². The van der Waals surface area contributed by atoms with Gasteiger partial charge in [0.05, 0.1) is 17.4 Å². The Kier molecular flexibility index (Phi) is 2.29. The van der Waals surface area contributed by atoms with Crippen LogP contribution in [-0.4, -0.2) is 24.8 Å². The second-order valence-electron chi connectivity index (χ2n) is 5.75. The maximum absolute atomic E-state index is 4.64. The van der Waals surface area contributed by atoms with Crippen molar-refractivity contribution in [2.24, 2.45) is 0 Å². The highest BCUT2D eigenvalue weighted by atomic mass is 15.2. The summed E-state index contributed by atoms with van der Waals surface area (Å²) in [5.41, 5.74) is 4.19. The van der Waals surface area contributed by atoms with Gasteiger partial charge in [0.2, 0.25) is 0 Å². The Bertz CT molecular complexity index is 979.